The first-order chi connectivity index (χ1) is 12.3. The van der Waals surface area contributed by atoms with Gasteiger partial charge in [-0.05, 0) is 79.4 Å². The quantitative estimate of drug-likeness (QED) is 0.534. The van der Waals surface area contributed by atoms with E-state index in [1.165, 1.54) is 32.1 Å². The van der Waals surface area contributed by atoms with Crippen LogP contribution in [-0.2, 0) is 9.53 Å². The van der Waals surface area contributed by atoms with E-state index in [-0.39, 0.29) is 18.0 Å². The topological polar surface area (TPSA) is 26.3 Å². The number of carbonyl (C=O) groups is 1. The van der Waals surface area contributed by atoms with Crippen molar-refractivity contribution in [3.8, 4) is 0 Å². The van der Waals surface area contributed by atoms with E-state index < -0.39 is 0 Å². The van der Waals surface area contributed by atoms with Gasteiger partial charge in [0.15, 0.2) is 0 Å². The van der Waals surface area contributed by atoms with E-state index in [4.69, 9.17) is 4.74 Å². The summed E-state index contributed by atoms with van der Waals surface area (Å²) in [4.78, 5) is 12.9. The van der Waals surface area contributed by atoms with Crippen LogP contribution in [0.4, 0.5) is 0 Å². The molecule has 0 aromatic rings. The molecule has 0 bridgehead atoms. The average molecular weight is 363 g/mol. The van der Waals surface area contributed by atoms with Gasteiger partial charge < -0.3 is 4.74 Å². The Morgan fingerprint density at radius 2 is 1.35 bits per heavy atom. The fourth-order valence-corrected chi connectivity index (χ4v) is 6.21. The summed E-state index contributed by atoms with van der Waals surface area (Å²) in [7, 11) is 0. The molecule has 3 unspecified atom stereocenters. The van der Waals surface area contributed by atoms with Gasteiger partial charge in [0.05, 0.1) is 5.92 Å². The normalized spacial score (nSPS) is 43.5. The Bertz CT molecular complexity index is 483. The molecule has 3 aliphatic carbocycles. The van der Waals surface area contributed by atoms with Crippen LogP contribution in [0.3, 0.4) is 0 Å². The van der Waals surface area contributed by atoms with E-state index >= 15 is 0 Å². The maximum absolute atomic E-state index is 12.9. The summed E-state index contributed by atoms with van der Waals surface area (Å²) in [6.07, 6.45) is 8.90. The zero-order valence-corrected chi connectivity index (χ0v) is 18.0. The maximum atomic E-state index is 12.9. The number of esters is 1. The molecule has 2 heteroatoms. The van der Waals surface area contributed by atoms with Crippen LogP contribution >= 0.6 is 0 Å². The van der Waals surface area contributed by atoms with Crippen LogP contribution in [0.5, 0.6) is 0 Å². The molecule has 0 saturated heterocycles. The second-order valence-corrected chi connectivity index (χ2v) is 10.8. The number of ether oxygens (including phenoxy) is 1. The first-order valence-corrected chi connectivity index (χ1v) is 11.5. The van der Waals surface area contributed by atoms with Crippen molar-refractivity contribution in [1.82, 2.24) is 0 Å². The minimum absolute atomic E-state index is 0.139. The van der Waals surface area contributed by atoms with E-state index in [0.717, 1.165) is 36.5 Å². The Kier molecular flexibility index (Phi) is 6.40. The summed E-state index contributed by atoms with van der Waals surface area (Å²) < 4.78 is 6.16. The van der Waals surface area contributed by atoms with E-state index in [2.05, 4.69) is 41.5 Å². The molecule has 2 nitrogen and oxygen atoms in total. The molecule has 0 aromatic heterocycles. The molecule has 3 fully saturated rings. The molecule has 0 amide bonds. The Morgan fingerprint density at radius 1 is 0.769 bits per heavy atom. The van der Waals surface area contributed by atoms with Gasteiger partial charge in [-0.1, -0.05) is 54.4 Å². The van der Waals surface area contributed by atoms with Crippen molar-refractivity contribution in [2.24, 2.45) is 53.3 Å². The summed E-state index contributed by atoms with van der Waals surface area (Å²) in [5.74, 6) is 5.96. The predicted molar refractivity (Wildman–Crippen MR) is 108 cm³/mol. The Balaban J connectivity index is 1.59. The monoisotopic (exact) mass is 362 g/mol. The second kappa shape index (κ2) is 8.23. The summed E-state index contributed by atoms with van der Waals surface area (Å²) in [5, 5.41) is 0. The molecule has 3 rings (SSSR count). The first-order valence-electron chi connectivity index (χ1n) is 11.5. The molecule has 8 atom stereocenters. The van der Waals surface area contributed by atoms with E-state index in [0.29, 0.717) is 23.7 Å². The van der Waals surface area contributed by atoms with Crippen LogP contribution in [0, 0.1) is 53.3 Å². The summed E-state index contributed by atoms with van der Waals surface area (Å²) in [5.41, 5.74) is 0. The fraction of sp³-hybridized carbons (Fsp3) is 0.958. The number of hydrogen-bond donors (Lipinski definition) is 0. The summed E-state index contributed by atoms with van der Waals surface area (Å²) >= 11 is 0. The summed E-state index contributed by atoms with van der Waals surface area (Å²) in [6, 6.07) is 0. The van der Waals surface area contributed by atoms with Gasteiger partial charge in [-0.2, -0.15) is 0 Å². The van der Waals surface area contributed by atoms with E-state index in [1.54, 1.807) is 0 Å². The molecule has 0 heterocycles. The fourth-order valence-electron chi connectivity index (χ4n) is 6.21. The highest BCUT2D eigenvalue weighted by atomic mass is 16.5. The molecule has 0 radical (unpaired) electrons. The van der Waals surface area contributed by atoms with Crippen molar-refractivity contribution in [3.05, 3.63) is 0 Å². The third-order valence-electron chi connectivity index (χ3n) is 7.99. The van der Waals surface area contributed by atoms with Crippen LogP contribution in [0.15, 0.2) is 0 Å². The van der Waals surface area contributed by atoms with Crippen LogP contribution in [0.25, 0.3) is 0 Å². The van der Waals surface area contributed by atoms with Crippen LogP contribution in [-0.4, -0.2) is 12.1 Å². The maximum Gasteiger partial charge on any atom is 0.309 e. The highest BCUT2D eigenvalue weighted by molar-refractivity contribution is 5.76. The molecular formula is C24H42O2. The molecular weight excluding hydrogens is 320 g/mol. The molecule has 0 spiro atoms. The third kappa shape index (κ3) is 4.47. The largest absolute Gasteiger partial charge is 0.462 e. The second-order valence-electron chi connectivity index (χ2n) is 10.8. The van der Waals surface area contributed by atoms with Crippen molar-refractivity contribution in [3.63, 3.8) is 0 Å². The molecule has 0 aromatic carbocycles. The minimum Gasteiger partial charge on any atom is -0.462 e. The van der Waals surface area contributed by atoms with Crippen LogP contribution < -0.4 is 0 Å². The van der Waals surface area contributed by atoms with Gasteiger partial charge in [0.2, 0.25) is 0 Å². The number of hydrogen-bond acceptors (Lipinski definition) is 2. The van der Waals surface area contributed by atoms with Crippen LogP contribution in [0.2, 0.25) is 0 Å². The van der Waals surface area contributed by atoms with E-state index in [9.17, 15) is 4.79 Å². The first kappa shape index (κ1) is 20.2. The van der Waals surface area contributed by atoms with Gasteiger partial charge in [0.1, 0.15) is 6.10 Å². The molecule has 3 saturated carbocycles. The van der Waals surface area contributed by atoms with Crippen molar-refractivity contribution in [1.29, 1.82) is 0 Å². The molecule has 0 aliphatic heterocycles. The van der Waals surface area contributed by atoms with Gasteiger partial charge in [0.25, 0.3) is 0 Å². The van der Waals surface area contributed by atoms with Crippen molar-refractivity contribution in [2.45, 2.75) is 92.6 Å². The summed E-state index contributed by atoms with van der Waals surface area (Å²) in [6.45, 7) is 14.0. The van der Waals surface area contributed by atoms with E-state index in [1.807, 2.05) is 0 Å². The third-order valence-corrected chi connectivity index (χ3v) is 7.99. The molecule has 150 valence electrons. The lowest BCUT2D eigenvalue weighted by Gasteiger charge is -2.38. The highest BCUT2D eigenvalue weighted by Crippen LogP contribution is 2.54. The van der Waals surface area contributed by atoms with Crippen molar-refractivity contribution < 1.29 is 9.53 Å². The molecule has 0 N–H and O–H groups in total. The smallest absolute Gasteiger partial charge is 0.309 e. The standard InChI is InChI=1S/C24H42O2/c1-14(2)18-9-7-16(5)11-20(18)21-13-22(21)24(25)26-23-12-17(6)8-10-19(23)15(3)4/h14-23H,7-13H2,1-6H3/t16?,17-,18?,19+,20?,21-,22+,23-/m0/s1. The van der Waals surface area contributed by atoms with Gasteiger partial charge in [-0.3, -0.25) is 4.79 Å². The Hall–Kier alpha value is -0.530. The molecule has 26 heavy (non-hydrogen) atoms. The molecule has 3 aliphatic rings. The Labute approximate surface area is 161 Å². The van der Waals surface area contributed by atoms with Gasteiger partial charge in [-0.15, -0.1) is 0 Å². The number of rotatable bonds is 5. The van der Waals surface area contributed by atoms with Crippen molar-refractivity contribution in [2.75, 3.05) is 0 Å². The lowest BCUT2D eigenvalue weighted by Crippen LogP contribution is -2.36. The predicted octanol–water partition coefficient (Wildman–Crippen LogP) is 6.33. The Morgan fingerprint density at radius 3 is 1.96 bits per heavy atom. The highest BCUT2D eigenvalue weighted by Gasteiger charge is 2.52. The zero-order chi connectivity index (χ0) is 19.0. The zero-order valence-electron chi connectivity index (χ0n) is 18.0. The van der Waals surface area contributed by atoms with Gasteiger partial charge in [-0.25, -0.2) is 0 Å². The lowest BCUT2D eigenvalue weighted by molar-refractivity contribution is -0.158. The van der Waals surface area contributed by atoms with Crippen molar-refractivity contribution >= 4 is 5.97 Å². The van der Waals surface area contributed by atoms with Gasteiger partial charge in [0, 0.05) is 0 Å². The minimum atomic E-state index is 0.139. The van der Waals surface area contributed by atoms with Crippen LogP contribution in [0.1, 0.15) is 86.5 Å². The SMILES string of the molecule is CC1CCC(C(C)C)C([C@@H]2C[C@H]2C(=O)O[C@H]2C[C@@H](C)CC[C@@H]2C(C)C)C1. The number of carbonyl (C=O) groups excluding carboxylic acids is 1. The van der Waals surface area contributed by atoms with Gasteiger partial charge >= 0.3 is 5.97 Å². The average Bonchev–Trinajstić information content (AvgIpc) is 3.34. The lowest BCUT2D eigenvalue weighted by atomic mass is 9.68.